The quantitative estimate of drug-likeness (QED) is 0.660. The molecule has 1 heterocycles. The molecular formula is C14H14Br2O. The summed E-state index contributed by atoms with van der Waals surface area (Å²) in [4.78, 5) is 0.115. The van der Waals surface area contributed by atoms with Gasteiger partial charge in [-0.15, -0.1) is 0 Å². The van der Waals surface area contributed by atoms with Gasteiger partial charge < -0.3 is 4.42 Å². The minimum atomic E-state index is 0.115. The summed E-state index contributed by atoms with van der Waals surface area (Å²) in [5.74, 6) is 0.917. The summed E-state index contributed by atoms with van der Waals surface area (Å²) in [6.07, 6.45) is 2.32. The van der Waals surface area contributed by atoms with Crippen molar-refractivity contribution >= 4 is 31.9 Å². The van der Waals surface area contributed by atoms with Gasteiger partial charge in [0.25, 0.3) is 0 Å². The van der Waals surface area contributed by atoms with Crippen LogP contribution in [-0.2, 0) is 6.42 Å². The molecule has 3 heteroatoms. The lowest BCUT2D eigenvalue weighted by Crippen LogP contribution is -1.91. The lowest BCUT2D eigenvalue weighted by atomic mass is 10.1. The Labute approximate surface area is 118 Å². The van der Waals surface area contributed by atoms with E-state index in [1.54, 1.807) is 0 Å². The van der Waals surface area contributed by atoms with Crippen molar-refractivity contribution in [1.29, 1.82) is 0 Å². The van der Waals surface area contributed by atoms with E-state index in [2.05, 4.69) is 63.0 Å². The van der Waals surface area contributed by atoms with E-state index >= 15 is 0 Å². The molecular weight excluding hydrogens is 344 g/mol. The fraction of sp³-hybridized carbons (Fsp3) is 0.286. The fourth-order valence-corrected chi connectivity index (χ4v) is 2.64. The van der Waals surface area contributed by atoms with Crippen LogP contribution >= 0.6 is 31.9 Å². The topological polar surface area (TPSA) is 13.1 Å². The van der Waals surface area contributed by atoms with Gasteiger partial charge in [0.2, 0.25) is 0 Å². The third kappa shape index (κ3) is 3.23. The van der Waals surface area contributed by atoms with Gasteiger partial charge in [-0.3, -0.25) is 0 Å². The minimum absolute atomic E-state index is 0.115. The third-order valence-corrected chi connectivity index (χ3v) is 4.06. The number of hydrogen-bond donors (Lipinski definition) is 0. The Bertz CT molecular complexity index is 473. The Morgan fingerprint density at radius 2 is 1.82 bits per heavy atom. The Morgan fingerprint density at radius 1 is 1.12 bits per heavy atom. The number of halogens is 2. The zero-order valence-electron chi connectivity index (χ0n) is 9.62. The first-order valence-corrected chi connectivity index (χ1v) is 7.39. The average Bonchev–Trinajstić information content (AvgIpc) is 2.76. The van der Waals surface area contributed by atoms with E-state index < -0.39 is 0 Å². The average molecular weight is 358 g/mol. The summed E-state index contributed by atoms with van der Waals surface area (Å²) in [5, 5.41) is 0. The van der Waals surface area contributed by atoms with Crippen LogP contribution in [0.3, 0.4) is 0 Å². The molecule has 0 bridgehead atoms. The van der Waals surface area contributed by atoms with Crippen molar-refractivity contribution in [2.24, 2.45) is 0 Å². The smallest absolute Gasteiger partial charge is 0.169 e. The number of hydrogen-bond acceptors (Lipinski definition) is 1. The summed E-state index contributed by atoms with van der Waals surface area (Å²) in [6, 6.07) is 12.6. The van der Waals surface area contributed by atoms with Crippen molar-refractivity contribution in [2.75, 3.05) is 0 Å². The molecule has 0 N–H and O–H groups in total. The molecule has 0 saturated heterocycles. The molecule has 1 aromatic carbocycles. The van der Waals surface area contributed by atoms with Crippen molar-refractivity contribution in [3.8, 4) is 0 Å². The first kappa shape index (κ1) is 12.9. The third-order valence-electron chi connectivity index (χ3n) is 2.65. The minimum Gasteiger partial charge on any atom is -0.453 e. The summed E-state index contributed by atoms with van der Waals surface area (Å²) < 4.78 is 6.31. The summed E-state index contributed by atoms with van der Waals surface area (Å²) >= 11 is 6.97. The second kappa shape index (κ2) is 5.87. The fourth-order valence-electron chi connectivity index (χ4n) is 1.77. The normalized spacial score (nSPS) is 12.6. The number of furan rings is 1. The van der Waals surface area contributed by atoms with Gasteiger partial charge in [-0.2, -0.15) is 0 Å². The second-order valence-corrected chi connectivity index (χ2v) is 5.69. The zero-order valence-corrected chi connectivity index (χ0v) is 12.8. The van der Waals surface area contributed by atoms with Crippen LogP contribution in [0.1, 0.15) is 35.1 Å². The largest absolute Gasteiger partial charge is 0.453 e. The molecule has 2 rings (SSSR count). The maximum Gasteiger partial charge on any atom is 0.169 e. The zero-order chi connectivity index (χ0) is 12.3. The Balaban J connectivity index is 2.16. The highest BCUT2D eigenvalue weighted by Gasteiger charge is 2.13. The Morgan fingerprint density at radius 3 is 2.35 bits per heavy atom. The molecule has 1 nitrogen and oxygen atoms in total. The molecule has 1 unspecified atom stereocenters. The van der Waals surface area contributed by atoms with Crippen molar-refractivity contribution in [1.82, 2.24) is 0 Å². The van der Waals surface area contributed by atoms with E-state index in [4.69, 9.17) is 4.42 Å². The molecule has 0 aliphatic rings. The maximum atomic E-state index is 5.55. The van der Waals surface area contributed by atoms with Gasteiger partial charge in [0.15, 0.2) is 4.67 Å². The van der Waals surface area contributed by atoms with Crippen LogP contribution in [-0.4, -0.2) is 0 Å². The van der Waals surface area contributed by atoms with Crippen LogP contribution in [0, 0.1) is 0 Å². The highest BCUT2D eigenvalue weighted by molar-refractivity contribution is 9.10. The first-order chi connectivity index (χ1) is 8.20. The molecule has 0 amide bonds. The highest BCUT2D eigenvalue weighted by atomic mass is 79.9. The molecule has 0 saturated carbocycles. The molecule has 1 atom stereocenters. The molecule has 0 aliphatic heterocycles. The molecule has 1 aromatic heterocycles. The second-order valence-electron chi connectivity index (χ2n) is 4.00. The molecule has 0 radical (unpaired) electrons. The lowest BCUT2D eigenvalue weighted by molar-refractivity contribution is 0.497. The van der Waals surface area contributed by atoms with Crippen molar-refractivity contribution in [3.05, 3.63) is 58.0 Å². The van der Waals surface area contributed by atoms with Crippen LogP contribution in [0.4, 0.5) is 0 Å². The van der Waals surface area contributed by atoms with Crippen molar-refractivity contribution in [3.63, 3.8) is 0 Å². The number of benzene rings is 1. The molecule has 2 aromatic rings. The van der Waals surface area contributed by atoms with Crippen molar-refractivity contribution < 1.29 is 4.42 Å². The Kier molecular flexibility index (Phi) is 4.46. The van der Waals surface area contributed by atoms with Gasteiger partial charge in [-0.05, 0) is 45.6 Å². The van der Waals surface area contributed by atoms with E-state index in [0.717, 1.165) is 16.9 Å². The van der Waals surface area contributed by atoms with E-state index in [1.807, 2.05) is 12.1 Å². The van der Waals surface area contributed by atoms with Gasteiger partial charge in [-0.25, -0.2) is 0 Å². The van der Waals surface area contributed by atoms with Crippen LogP contribution in [0.25, 0.3) is 0 Å². The molecule has 90 valence electrons. The van der Waals surface area contributed by atoms with Crippen LogP contribution in [0.15, 0.2) is 45.5 Å². The van der Waals surface area contributed by atoms with E-state index in [0.29, 0.717) is 0 Å². The van der Waals surface area contributed by atoms with Crippen LogP contribution in [0.2, 0.25) is 0 Å². The summed E-state index contributed by atoms with van der Waals surface area (Å²) in [7, 11) is 0. The molecule has 0 fully saturated rings. The van der Waals surface area contributed by atoms with Gasteiger partial charge in [0.1, 0.15) is 5.76 Å². The molecule has 17 heavy (non-hydrogen) atoms. The van der Waals surface area contributed by atoms with Gasteiger partial charge in [-0.1, -0.05) is 53.5 Å². The molecule has 0 aliphatic carbocycles. The number of alkyl halides is 1. The summed E-state index contributed by atoms with van der Waals surface area (Å²) in [5.41, 5.74) is 2.60. The van der Waals surface area contributed by atoms with Crippen molar-refractivity contribution in [2.45, 2.75) is 24.6 Å². The van der Waals surface area contributed by atoms with E-state index in [9.17, 15) is 0 Å². The van der Waals surface area contributed by atoms with E-state index in [1.165, 1.54) is 17.5 Å². The first-order valence-electron chi connectivity index (χ1n) is 5.69. The monoisotopic (exact) mass is 356 g/mol. The highest BCUT2D eigenvalue weighted by Crippen LogP contribution is 2.33. The standard InChI is InChI=1S/C14H14Br2O/c1-2-3-10-4-6-11(7-5-10)14(16)12-8-9-13(15)17-12/h4-9,14H,2-3H2,1H3. The molecule has 0 spiro atoms. The lowest BCUT2D eigenvalue weighted by Gasteiger charge is -2.08. The Hall–Kier alpha value is -0.540. The number of aryl methyl sites for hydroxylation is 1. The SMILES string of the molecule is CCCc1ccc(C(Br)c2ccc(Br)o2)cc1. The summed E-state index contributed by atoms with van der Waals surface area (Å²) in [6.45, 7) is 2.20. The van der Waals surface area contributed by atoms with E-state index in [-0.39, 0.29) is 4.83 Å². The van der Waals surface area contributed by atoms with Crippen LogP contribution < -0.4 is 0 Å². The maximum absolute atomic E-state index is 5.55. The van der Waals surface area contributed by atoms with Gasteiger partial charge in [0.05, 0.1) is 4.83 Å². The number of rotatable bonds is 4. The van der Waals surface area contributed by atoms with Gasteiger partial charge >= 0.3 is 0 Å². The van der Waals surface area contributed by atoms with Gasteiger partial charge in [0, 0.05) is 0 Å². The predicted molar refractivity (Wildman–Crippen MR) is 77.6 cm³/mol. The predicted octanol–water partition coefficient (Wildman–Crippen LogP) is 5.48. The van der Waals surface area contributed by atoms with Crippen LogP contribution in [0.5, 0.6) is 0 Å².